The molecule has 1 heteroatoms. The molecule has 14 heavy (non-hydrogen) atoms. The fraction of sp³-hybridized carbons (Fsp3) is 0.538. The van der Waals surface area contributed by atoms with Gasteiger partial charge < -0.3 is 5.11 Å². The largest absolute Gasteiger partial charge is 0.508 e. The molecule has 0 unspecified atom stereocenters. The van der Waals surface area contributed by atoms with Crippen molar-refractivity contribution in [2.75, 3.05) is 0 Å². The van der Waals surface area contributed by atoms with Crippen molar-refractivity contribution in [1.29, 1.82) is 0 Å². The maximum Gasteiger partial charge on any atom is 0.116 e. The number of benzene rings is 1. The van der Waals surface area contributed by atoms with E-state index in [0.717, 1.165) is 6.42 Å². The molecule has 1 atom stereocenters. The second-order valence-corrected chi connectivity index (χ2v) is 4.70. The highest BCUT2D eigenvalue weighted by molar-refractivity contribution is 5.47. The smallest absolute Gasteiger partial charge is 0.116 e. The molecule has 0 aliphatic heterocycles. The van der Waals surface area contributed by atoms with Crippen molar-refractivity contribution in [3.05, 3.63) is 28.8 Å². The average molecular weight is 190 g/mol. The van der Waals surface area contributed by atoms with Crippen molar-refractivity contribution in [1.82, 2.24) is 0 Å². The van der Waals surface area contributed by atoms with Gasteiger partial charge in [0, 0.05) is 0 Å². The minimum atomic E-state index is 0.432. The SMILES string of the molecule is CC(C)c1cc(O)cc2c1[C@H](C)CC2. The van der Waals surface area contributed by atoms with Crippen LogP contribution in [0.5, 0.6) is 5.75 Å². The van der Waals surface area contributed by atoms with Gasteiger partial charge in [0.2, 0.25) is 0 Å². The van der Waals surface area contributed by atoms with Gasteiger partial charge >= 0.3 is 0 Å². The summed E-state index contributed by atoms with van der Waals surface area (Å²) in [5.74, 6) is 1.61. The van der Waals surface area contributed by atoms with E-state index in [0.29, 0.717) is 17.6 Å². The van der Waals surface area contributed by atoms with Crippen LogP contribution in [0.2, 0.25) is 0 Å². The van der Waals surface area contributed by atoms with Crippen LogP contribution in [0.4, 0.5) is 0 Å². The lowest BCUT2D eigenvalue weighted by Gasteiger charge is -2.15. The summed E-state index contributed by atoms with van der Waals surface area (Å²) in [6.45, 7) is 6.68. The standard InChI is InChI=1S/C13H18O/c1-8(2)12-7-11(14)6-10-5-4-9(3)13(10)12/h6-9,14H,4-5H2,1-3H3/t9-/m1/s1. The van der Waals surface area contributed by atoms with Crippen LogP contribution in [0.15, 0.2) is 12.1 Å². The molecule has 1 N–H and O–H groups in total. The normalized spacial score (nSPS) is 20.1. The van der Waals surface area contributed by atoms with E-state index >= 15 is 0 Å². The second kappa shape index (κ2) is 3.30. The van der Waals surface area contributed by atoms with Crippen LogP contribution in [0, 0.1) is 0 Å². The van der Waals surface area contributed by atoms with Crippen molar-refractivity contribution in [2.24, 2.45) is 0 Å². The monoisotopic (exact) mass is 190 g/mol. The minimum Gasteiger partial charge on any atom is -0.508 e. The van der Waals surface area contributed by atoms with Crippen molar-refractivity contribution >= 4 is 0 Å². The fourth-order valence-electron chi connectivity index (χ4n) is 2.52. The number of aryl methyl sites for hydroxylation is 1. The zero-order valence-corrected chi connectivity index (χ0v) is 9.17. The summed E-state index contributed by atoms with van der Waals surface area (Å²) in [5.41, 5.74) is 4.20. The Hall–Kier alpha value is -0.980. The zero-order valence-electron chi connectivity index (χ0n) is 9.17. The molecule has 0 heterocycles. The molecule has 1 aromatic carbocycles. The number of rotatable bonds is 1. The highest BCUT2D eigenvalue weighted by Gasteiger charge is 2.23. The second-order valence-electron chi connectivity index (χ2n) is 4.70. The summed E-state index contributed by atoms with van der Waals surface area (Å²) in [7, 11) is 0. The summed E-state index contributed by atoms with van der Waals surface area (Å²) in [6, 6.07) is 3.87. The third-order valence-corrected chi connectivity index (χ3v) is 3.24. The Bertz CT molecular complexity index is 352. The highest BCUT2D eigenvalue weighted by atomic mass is 16.3. The number of phenols is 1. The maximum atomic E-state index is 9.61. The highest BCUT2D eigenvalue weighted by Crippen LogP contribution is 2.40. The Morgan fingerprint density at radius 3 is 2.71 bits per heavy atom. The van der Waals surface area contributed by atoms with E-state index in [4.69, 9.17) is 0 Å². The third-order valence-electron chi connectivity index (χ3n) is 3.24. The van der Waals surface area contributed by atoms with E-state index in [9.17, 15) is 5.11 Å². The van der Waals surface area contributed by atoms with Gasteiger partial charge in [-0.1, -0.05) is 20.8 Å². The first-order valence-corrected chi connectivity index (χ1v) is 5.45. The Morgan fingerprint density at radius 1 is 1.36 bits per heavy atom. The van der Waals surface area contributed by atoms with Crippen LogP contribution in [0.3, 0.4) is 0 Å². The molecule has 2 rings (SSSR count). The van der Waals surface area contributed by atoms with Crippen LogP contribution >= 0.6 is 0 Å². The number of hydrogen-bond donors (Lipinski definition) is 1. The third kappa shape index (κ3) is 1.41. The van der Waals surface area contributed by atoms with Gasteiger partial charge in [-0.25, -0.2) is 0 Å². The Morgan fingerprint density at radius 2 is 2.07 bits per heavy atom. The van der Waals surface area contributed by atoms with Crippen LogP contribution in [-0.4, -0.2) is 5.11 Å². The summed E-state index contributed by atoms with van der Waals surface area (Å²) in [6.07, 6.45) is 2.36. The quantitative estimate of drug-likeness (QED) is 0.717. The molecule has 1 nitrogen and oxygen atoms in total. The first-order valence-electron chi connectivity index (χ1n) is 5.45. The molecule has 76 valence electrons. The first-order chi connectivity index (χ1) is 6.59. The van der Waals surface area contributed by atoms with Gasteiger partial charge in [0.25, 0.3) is 0 Å². The van der Waals surface area contributed by atoms with Crippen LogP contribution in [0.1, 0.15) is 55.7 Å². The molecular weight excluding hydrogens is 172 g/mol. The molecule has 1 aliphatic rings. The molecule has 0 radical (unpaired) electrons. The molecule has 0 saturated heterocycles. The Balaban J connectivity index is 2.59. The first kappa shape index (κ1) is 9.57. The van der Waals surface area contributed by atoms with Gasteiger partial charge in [-0.3, -0.25) is 0 Å². The van der Waals surface area contributed by atoms with Gasteiger partial charge in [-0.05, 0) is 53.5 Å². The van der Waals surface area contributed by atoms with Gasteiger partial charge in [0.05, 0.1) is 0 Å². The molecular formula is C13H18O. The van der Waals surface area contributed by atoms with E-state index < -0.39 is 0 Å². The average Bonchev–Trinajstić information content (AvgIpc) is 2.46. The van der Waals surface area contributed by atoms with Crippen molar-refractivity contribution < 1.29 is 5.11 Å². The number of aromatic hydroxyl groups is 1. The summed E-state index contributed by atoms with van der Waals surface area (Å²) in [4.78, 5) is 0. The van der Waals surface area contributed by atoms with Crippen LogP contribution in [-0.2, 0) is 6.42 Å². The Kier molecular flexibility index (Phi) is 2.26. The maximum absolute atomic E-state index is 9.61. The van der Waals surface area contributed by atoms with Gasteiger partial charge in [0.15, 0.2) is 0 Å². The zero-order chi connectivity index (χ0) is 10.3. The van der Waals surface area contributed by atoms with Crippen LogP contribution < -0.4 is 0 Å². The molecule has 1 aromatic rings. The topological polar surface area (TPSA) is 20.2 Å². The summed E-state index contributed by atoms with van der Waals surface area (Å²) < 4.78 is 0. The van der Waals surface area contributed by atoms with E-state index in [2.05, 4.69) is 20.8 Å². The lowest BCUT2D eigenvalue weighted by atomic mass is 9.90. The number of hydrogen-bond acceptors (Lipinski definition) is 1. The lowest BCUT2D eigenvalue weighted by Crippen LogP contribution is -1.98. The molecule has 0 saturated carbocycles. The number of fused-ring (bicyclic) bond motifs is 1. The lowest BCUT2D eigenvalue weighted by molar-refractivity contribution is 0.473. The van der Waals surface area contributed by atoms with Crippen molar-refractivity contribution in [2.45, 2.75) is 45.4 Å². The van der Waals surface area contributed by atoms with E-state index in [-0.39, 0.29) is 0 Å². The van der Waals surface area contributed by atoms with E-state index in [1.165, 1.54) is 23.1 Å². The van der Waals surface area contributed by atoms with E-state index in [1.807, 2.05) is 12.1 Å². The summed E-state index contributed by atoms with van der Waals surface area (Å²) >= 11 is 0. The van der Waals surface area contributed by atoms with Gasteiger partial charge in [-0.2, -0.15) is 0 Å². The van der Waals surface area contributed by atoms with Crippen molar-refractivity contribution in [3.8, 4) is 5.75 Å². The molecule has 0 aromatic heterocycles. The number of phenolic OH excluding ortho intramolecular Hbond substituents is 1. The van der Waals surface area contributed by atoms with Crippen LogP contribution in [0.25, 0.3) is 0 Å². The minimum absolute atomic E-state index is 0.432. The van der Waals surface area contributed by atoms with Gasteiger partial charge in [0.1, 0.15) is 5.75 Å². The predicted octanol–water partition coefficient (Wildman–Crippen LogP) is 3.57. The molecule has 0 fully saturated rings. The molecule has 0 amide bonds. The molecule has 0 bridgehead atoms. The summed E-state index contributed by atoms with van der Waals surface area (Å²) in [5, 5.41) is 9.61. The van der Waals surface area contributed by atoms with Crippen molar-refractivity contribution in [3.63, 3.8) is 0 Å². The predicted molar refractivity (Wildman–Crippen MR) is 58.9 cm³/mol. The Labute approximate surface area is 85.8 Å². The molecule has 1 aliphatic carbocycles. The molecule has 0 spiro atoms. The van der Waals surface area contributed by atoms with Gasteiger partial charge in [-0.15, -0.1) is 0 Å². The fourth-order valence-corrected chi connectivity index (χ4v) is 2.52. The van der Waals surface area contributed by atoms with E-state index in [1.54, 1.807) is 0 Å².